The van der Waals surface area contributed by atoms with Gasteiger partial charge in [0.2, 0.25) is 5.78 Å². The standard InChI is InChI=1S/C13H14O6/c14-11(13(17)18)6-10(12(15)16)8-19-7-9-4-2-1-3-5-9/h1-5,10H,6-8H2,(H,15,16)(H,17,18). The molecule has 0 aliphatic heterocycles. The molecule has 0 aromatic heterocycles. The molecular formula is C13H14O6. The Bertz CT molecular complexity index is 453. The highest BCUT2D eigenvalue weighted by Gasteiger charge is 2.24. The summed E-state index contributed by atoms with van der Waals surface area (Å²) in [4.78, 5) is 32.2. The van der Waals surface area contributed by atoms with Crippen molar-refractivity contribution in [2.24, 2.45) is 5.92 Å². The van der Waals surface area contributed by atoms with Gasteiger partial charge in [0.05, 0.1) is 19.1 Å². The predicted molar refractivity (Wildman–Crippen MR) is 64.5 cm³/mol. The molecule has 2 N–H and O–H groups in total. The van der Waals surface area contributed by atoms with Crippen molar-refractivity contribution in [1.82, 2.24) is 0 Å². The van der Waals surface area contributed by atoms with Crippen LogP contribution in [0.1, 0.15) is 12.0 Å². The third-order valence-electron chi connectivity index (χ3n) is 2.45. The van der Waals surface area contributed by atoms with Crippen molar-refractivity contribution in [3.8, 4) is 0 Å². The number of carbonyl (C=O) groups is 3. The molecule has 0 radical (unpaired) electrons. The molecule has 1 unspecified atom stereocenters. The molecule has 0 fully saturated rings. The Balaban J connectivity index is 2.44. The lowest BCUT2D eigenvalue weighted by Crippen LogP contribution is -2.26. The molecular weight excluding hydrogens is 252 g/mol. The number of hydrogen-bond donors (Lipinski definition) is 2. The number of ketones is 1. The Hall–Kier alpha value is -2.21. The van der Waals surface area contributed by atoms with Crippen LogP contribution in [0, 0.1) is 5.92 Å². The van der Waals surface area contributed by atoms with E-state index in [9.17, 15) is 14.4 Å². The zero-order valence-electron chi connectivity index (χ0n) is 10.1. The van der Waals surface area contributed by atoms with Gasteiger partial charge < -0.3 is 14.9 Å². The van der Waals surface area contributed by atoms with Gasteiger partial charge in [0.25, 0.3) is 0 Å². The van der Waals surface area contributed by atoms with E-state index in [0.717, 1.165) is 5.56 Å². The van der Waals surface area contributed by atoms with Crippen LogP contribution in [0.3, 0.4) is 0 Å². The number of aliphatic carboxylic acids is 2. The van der Waals surface area contributed by atoms with E-state index < -0.39 is 30.1 Å². The van der Waals surface area contributed by atoms with Crippen LogP contribution in [0.15, 0.2) is 30.3 Å². The van der Waals surface area contributed by atoms with Gasteiger partial charge in [-0.15, -0.1) is 0 Å². The van der Waals surface area contributed by atoms with Gasteiger partial charge in [0.1, 0.15) is 0 Å². The molecule has 1 aromatic carbocycles. The van der Waals surface area contributed by atoms with E-state index >= 15 is 0 Å². The number of benzene rings is 1. The molecule has 1 rings (SSSR count). The zero-order chi connectivity index (χ0) is 14.3. The smallest absolute Gasteiger partial charge is 0.372 e. The summed E-state index contributed by atoms with van der Waals surface area (Å²) in [6.45, 7) is 0.00906. The van der Waals surface area contributed by atoms with Crippen molar-refractivity contribution >= 4 is 17.7 Å². The molecule has 0 saturated carbocycles. The Morgan fingerprint density at radius 1 is 1.11 bits per heavy atom. The van der Waals surface area contributed by atoms with E-state index in [4.69, 9.17) is 14.9 Å². The number of carboxylic acid groups (broad SMARTS) is 2. The highest BCUT2D eigenvalue weighted by Crippen LogP contribution is 2.08. The number of hydrogen-bond acceptors (Lipinski definition) is 4. The van der Waals surface area contributed by atoms with Gasteiger partial charge in [-0.2, -0.15) is 0 Å². The van der Waals surface area contributed by atoms with Gasteiger partial charge in [-0.3, -0.25) is 9.59 Å². The van der Waals surface area contributed by atoms with Crippen LogP contribution in [-0.2, 0) is 25.7 Å². The Kier molecular flexibility index (Phi) is 5.69. The van der Waals surface area contributed by atoms with Gasteiger partial charge in [-0.25, -0.2) is 4.79 Å². The van der Waals surface area contributed by atoms with E-state index in [2.05, 4.69) is 0 Å². The van der Waals surface area contributed by atoms with Gasteiger partial charge >= 0.3 is 11.9 Å². The maximum atomic E-state index is 11.0. The lowest BCUT2D eigenvalue weighted by Gasteiger charge is -2.11. The molecule has 0 spiro atoms. The maximum Gasteiger partial charge on any atom is 0.372 e. The first-order valence-electron chi connectivity index (χ1n) is 5.61. The number of ether oxygens (including phenoxy) is 1. The Labute approximate surface area is 109 Å². The van der Waals surface area contributed by atoms with E-state index in [1.54, 1.807) is 0 Å². The molecule has 0 heterocycles. The number of carbonyl (C=O) groups excluding carboxylic acids is 1. The largest absolute Gasteiger partial charge is 0.481 e. The van der Waals surface area contributed by atoms with Crippen LogP contribution in [0.5, 0.6) is 0 Å². The quantitative estimate of drug-likeness (QED) is 0.679. The third-order valence-corrected chi connectivity index (χ3v) is 2.45. The summed E-state index contributed by atoms with van der Waals surface area (Å²) < 4.78 is 5.20. The highest BCUT2D eigenvalue weighted by atomic mass is 16.5. The molecule has 1 aromatic rings. The summed E-state index contributed by atoms with van der Waals surface area (Å²) in [5.41, 5.74) is 0.871. The molecule has 0 amide bonds. The van der Waals surface area contributed by atoms with Gasteiger partial charge in [0.15, 0.2) is 0 Å². The zero-order valence-corrected chi connectivity index (χ0v) is 10.1. The van der Waals surface area contributed by atoms with Crippen molar-refractivity contribution in [2.45, 2.75) is 13.0 Å². The predicted octanol–water partition coefficient (Wildman–Crippen LogP) is 0.948. The van der Waals surface area contributed by atoms with Crippen LogP contribution in [-0.4, -0.2) is 34.5 Å². The third kappa shape index (κ3) is 5.31. The molecule has 6 heteroatoms. The van der Waals surface area contributed by atoms with Gasteiger partial charge in [-0.1, -0.05) is 30.3 Å². The summed E-state index contributed by atoms with van der Waals surface area (Å²) in [5.74, 6) is -5.15. The average Bonchev–Trinajstić information content (AvgIpc) is 2.38. The lowest BCUT2D eigenvalue weighted by molar-refractivity contribution is -0.152. The summed E-state index contributed by atoms with van der Waals surface area (Å²) in [5, 5.41) is 17.3. The first-order valence-corrected chi connectivity index (χ1v) is 5.61. The summed E-state index contributed by atoms with van der Waals surface area (Å²) in [6.07, 6.45) is -0.570. The van der Waals surface area contributed by atoms with Crippen LogP contribution < -0.4 is 0 Å². The SMILES string of the molecule is O=C(O)C(=O)CC(COCc1ccccc1)C(=O)O. The van der Waals surface area contributed by atoms with Gasteiger partial charge in [0, 0.05) is 6.42 Å². The van der Waals surface area contributed by atoms with Crippen LogP contribution >= 0.6 is 0 Å². The first kappa shape index (κ1) is 14.8. The minimum atomic E-state index is -1.63. The fourth-order valence-corrected chi connectivity index (χ4v) is 1.42. The summed E-state index contributed by atoms with van der Waals surface area (Å²) in [6, 6.07) is 9.12. The second kappa shape index (κ2) is 7.27. The van der Waals surface area contributed by atoms with Crippen LogP contribution in [0.4, 0.5) is 0 Å². The normalized spacial score (nSPS) is 11.8. The fourth-order valence-electron chi connectivity index (χ4n) is 1.42. The summed E-state index contributed by atoms with van der Waals surface area (Å²) in [7, 11) is 0. The van der Waals surface area contributed by atoms with E-state index in [-0.39, 0.29) is 13.2 Å². The molecule has 6 nitrogen and oxygen atoms in total. The molecule has 0 saturated heterocycles. The molecule has 0 aliphatic carbocycles. The van der Waals surface area contributed by atoms with Crippen molar-refractivity contribution in [2.75, 3.05) is 6.61 Å². The molecule has 0 bridgehead atoms. The second-order valence-electron chi connectivity index (χ2n) is 3.97. The molecule has 102 valence electrons. The summed E-state index contributed by atoms with van der Waals surface area (Å²) >= 11 is 0. The molecule has 0 aliphatic rings. The van der Waals surface area contributed by atoms with Crippen molar-refractivity contribution in [3.05, 3.63) is 35.9 Å². The average molecular weight is 266 g/mol. The van der Waals surface area contributed by atoms with E-state index in [0.29, 0.717) is 0 Å². The molecule has 19 heavy (non-hydrogen) atoms. The topological polar surface area (TPSA) is 101 Å². The van der Waals surface area contributed by atoms with Crippen LogP contribution in [0.25, 0.3) is 0 Å². The number of rotatable bonds is 8. The molecule has 1 atom stereocenters. The Morgan fingerprint density at radius 2 is 1.74 bits per heavy atom. The minimum Gasteiger partial charge on any atom is -0.481 e. The highest BCUT2D eigenvalue weighted by molar-refractivity contribution is 6.33. The maximum absolute atomic E-state index is 11.0. The van der Waals surface area contributed by atoms with Crippen molar-refractivity contribution < 1.29 is 29.3 Å². The van der Waals surface area contributed by atoms with Crippen molar-refractivity contribution in [1.29, 1.82) is 0 Å². The minimum absolute atomic E-state index is 0.205. The fraction of sp³-hybridized carbons (Fsp3) is 0.308. The number of Topliss-reactive ketones (excluding diaryl/α,β-unsaturated/α-hetero) is 1. The first-order chi connectivity index (χ1) is 9.00. The Morgan fingerprint density at radius 3 is 2.26 bits per heavy atom. The monoisotopic (exact) mass is 266 g/mol. The van der Waals surface area contributed by atoms with Crippen molar-refractivity contribution in [3.63, 3.8) is 0 Å². The van der Waals surface area contributed by atoms with E-state index in [1.165, 1.54) is 0 Å². The van der Waals surface area contributed by atoms with E-state index in [1.807, 2.05) is 30.3 Å². The van der Waals surface area contributed by atoms with Crippen LogP contribution in [0.2, 0.25) is 0 Å². The second-order valence-corrected chi connectivity index (χ2v) is 3.97. The lowest BCUT2D eigenvalue weighted by atomic mass is 10.0. The van der Waals surface area contributed by atoms with Gasteiger partial charge in [-0.05, 0) is 5.56 Å². The number of carboxylic acids is 2.